The molecule has 0 aromatic carbocycles. The second-order valence-electron chi connectivity index (χ2n) is 4.83. The molecule has 6 heteroatoms. The van der Waals surface area contributed by atoms with E-state index >= 15 is 0 Å². The summed E-state index contributed by atoms with van der Waals surface area (Å²) in [5, 5.41) is 3.29. The monoisotopic (exact) mass is 263 g/mol. The Hall–Kier alpha value is -1.66. The highest BCUT2D eigenvalue weighted by Crippen LogP contribution is 2.43. The zero-order valence-corrected chi connectivity index (χ0v) is 10.9. The predicted octanol–water partition coefficient (Wildman–Crippen LogP) is 1.22. The summed E-state index contributed by atoms with van der Waals surface area (Å²) in [6.07, 6.45) is 2.86. The molecule has 0 unspecified atom stereocenters. The largest absolute Gasteiger partial charge is 0.437 e. The first kappa shape index (κ1) is 12.4. The van der Waals surface area contributed by atoms with E-state index in [-0.39, 0.29) is 12.8 Å². The number of methoxy groups -OCH3 is 1. The molecule has 2 aliphatic rings. The van der Waals surface area contributed by atoms with Crippen LogP contribution in [-0.4, -0.2) is 38.0 Å². The number of amides is 1. The molecule has 3 rings (SSSR count). The van der Waals surface area contributed by atoms with E-state index in [4.69, 9.17) is 9.47 Å². The van der Waals surface area contributed by atoms with Gasteiger partial charge in [-0.1, -0.05) is 0 Å². The van der Waals surface area contributed by atoms with Gasteiger partial charge in [-0.05, 0) is 25.2 Å². The van der Waals surface area contributed by atoms with E-state index < -0.39 is 5.60 Å². The van der Waals surface area contributed by atoms with Crippen molar-refractivity contribution in [2.24, 2.45) is 0 Å². The third kappa shape index (κ3) is 1.97. The maximum atomic E-state index is 12.2. The molecular formula is C13H17N3O3. The molecule has 19 heavy (non-hydrogen) atoms. The molecule has 0 saturated carbocycles. The molecule has 3 heterocycles. The Kier molecular flexibility index (Phi) is 3.12. The average Bonchev–Trinajstić information content (AvgIpc) is 2.45. The minimum atomic E-state index is -0.532. The van der Waals surface area contributed by atoms with Crippen LogP contribution in [0.1, 0.15) is 18.4 Å². The number of nitrogens with one attached hydrogen (secondary N) is 1. The minimum absolute atomic E-state index is 0.150. The molecule has 0 bridgehead atoms. The number of rotatable bonds is 2. The maximum Gasteiger partial charge on any atom is 0.418 e. The van der Waals surface area contributed by atoms with E-state index in [2.05, 4.69) is 10.3 Å². The summed E-state index contributed by atoms with van der Waals surface area (Å²) in [6.45, 7) is 1.83. The fourth-order valence-electron chi connectivity index (χ4n) is 2.78. The van der Waals surface area contributed by atoms with E-state index in [1.807, 2.05) is 12.1 Å². The predicted molar refractivity (Wildman–Crippen MR) is 68.9 cm³/mol. The molecular weight excluding hydrogens is 246 g/mol. The van der Waals surface area contributed by atoms with Crippen molar-refractivity contribution >= 4 is 11.9 Å². The van der Waals surface area contributed by atoms with Crippen molar-refractivity contribution in [3.63, 3.8) is 0 Å². The van der Waals surface area contributed by atoms with Gasteiger partial charge in [0, 0.05) is 31.7 Å². The Morgan fingerprint density at radius 3 is 3.05 bits per heavy atom. The first-order valence-electron chi connectivity index (χ1n) is 6.42. The zero-order valence-electron chi connectivity index (χ0n) is 10.9. The molecule has 1 aromatic heterocycles. The Balaban J connectivity index is 2.06. The maximum absolute atomic E-state index is 12.2. The highest BCUT2D eigenvalue weighted by atomic mass is 16.6. The smallest absolute Gasteiger partial charge is 0.418 e. The summed E-state index contributed by atoms with van der Waals surface area (Å²) in [7, 11) is 1.55. The molecule has 1 fully saturated rings. The molecule has 1 spiro atoms. The summed E-state index contributed by atoms with van der Waals surface area (Å²) < 4.78 is 10.8. The average molecular weight is 263 g/mol. The Morgan fingerprint density at radius 1 is 1.53 bits per heavy atom. The van der Waals surface area contributed by atoms with Crippen LogP contribution < -0.4 is 10.2 Å². The highest BCUT2D eigenvalue weighted by molar-refractivity contribution is 5.89. The quantitative estimate of drug-likeness (QED) is 0.869. The molecule has 0 radical (unpaired) electrons. The molecule has 0 aliphatic carbocycles. The van der Waals surface area contributed by atoms with Crippen molar-refractivity contribution in [1.82, 2.24) is 10.3 Å². The molecule has 0 atom stereocenters. The van der Waals surface area contributed by atoms with Gasteiger partial charge in [-0.2, -0.15) is 0 Å². The van der Waals surface area contributed by atoms with Gasteiger partial charge in [-0.25, -0.2) is 14.7 Å². The zero-order chi connectivity index (χ0) is 13.3. The van der Waals surface area contributed by atoms with E-state index in [0.717, 1.165) is 31.5 Å². The van der Waals surface area contributed by atoms with E-state index in [0.29, 0.717) is 5.82 Å². The van der Waals surface area contributed by atoms with Crippen LogP contribution in [0.4, 0.5) is 10.6 Å². The summed E-state index contributed by atoms with van der Waals surface area (Å²) in [6, 6.07) is 3.87. The second kappa shape index (κ2) is 4.79. The van der Waals surface area contributed by atoms with Crippen molar-refractivity contribution in [2.75, 3.05) is 31.8 Å². The summed E-state index contributed by atoms with van der Waals surface area (Å²) in [4.78, 5) is 18.0. The first-order valence-corrected chi connectivity index (χ1v) is 6.42. The number of ether oxygens (including phenoxy) is 2. The third-order valence-electron chi connectivity index (χ3n) is 3.71. The molecule has 6 nitrogen and oxygen atoms in total. The first-order chi connectivity index (χ1) is 9.27. The summed E-state index contributed by atoms with van der Waals surface area (Å²) in [5.41, 5.74) is 0.448. The molecule has 1 saturated heterocycles. The van der Waals surface area contributed by atoms with Gasteiger partial charge in [0.25, 0.3) is 0 Å². The second-order valence-corrected chi connectivity index (χ2v) is 4.83. The van der Waals surface area contributed by atoms with Gasteiger partial charge >= 0.3 is 6.09 Å². The normalized spacial score (nSPS) is 21.1. The van der Waals surface area contributed by atoms with Crippen LogP contribution in [0, 0.1) is 0 Å². The van der Waals surface area contributed by atoms with Crippen LogP contribution in [-0.2, 0) is 15.1 Å². The van der Waals surface area contributed by atoms with Crippen molar-refractivity contribution in [3.05, 3.63) is 23.9 Å². The topological polar surface area (TPSA) is 63.7 Å². The highest BCUT2D eigenvalue weighted by Gasteiger charge is 2.46. The lowest BCUT2D eigenvalue weighted by Crippen LogP contribution is -2.51. The molecule has 102 valence electrons. The van der Waals surface area contributed by atoms with E-state index in [1.54, 1.807) is 13.3 Å². The van der Waals surface area contributed by atoms with Crippen LogP contribution in [0.5, 0.6) is 0 Å². The number of aromatic nitrogens is 1. The van der Waals surface area contributed by atoms with Gasteiger partial charge in [0.15, 0.2) is 0 Å². The van der Waals surface area contributed by atoms with E-state index in [1.165, 1.54) is 4.90 Å². The molecule has 1 N–H and O–H groups in total. The van der Waals surface area contributed by atoms with Crippen LogP contribution in [0.3, 0.4) is 0 Å². The lowest BCUT2D eigenvalue weighted by molar-refractivity contribution is -0.0216. The molecule has 1 amide bonds. The summed E-state index contributed by atoms with van der Waals surface area (Å²) in [5.74, 6) is 0.655. The standard InChI is InChI=1S/C13H17N3O3/c1-18-9-16-11-10(3-2-6-15-11)13(19-12(16)17)4-7-14-8-5-13/h2-3,6,14H,4-5,7-9H2,1H3. The van der Waals surface area contributed by atoms with Crippen molar-refractivity contribution in [3.8, 4) is 0 Å². The summed E-state index contributed by atoms with van der Waals surface area (Å²) >= 11 is 0. The van der Waals surface area contributed by atoms with Gasteiger partial charge < -0.3 is 14.8 Å². The number of nitrogens with zero attached hydrogens (tertiary/aromatic N) is 2. The van der Waals surface area contributed by atoms with Crippen LogP contribution in [0.25, 0.3) is 0 Å². The van der Waals surface area contributed by atoms with Gasteiger partial charge in [0.1, 0.15) is 18.1 Å². The number of carbonyl (C=O) groups excluding carboxylic acids is 1. The van der Waals surface area contributed by atoms with E-state index in [9.17, 15) is 4.79 Å². The van der Waals surface area contributed by atoms with Crippen molar-refractivity contribution in [2.45, 2.75) is 18.4 Å². The fourth-order valence-corrected chi connectivity index (χ4v) is 2.78. The fraction of sp³-hybridized carbons (Fsp3) is 0.538. The van der Waals surface area contributed by atoms with Crippen LogP contribution >= 0.6 is 0 Å². The SMILES string of the molecule is COCN1C(=O)OC2(CCNCC2)c2cccnc21. The number of pyridine rings is 1. The number of piperidine rings is 1. The number of fused-ring (bicyclic) bond motifs is 2. The van der Waals surface area contributed by atoms with Gasteiger partial charge in [-0.15, -0.1) is 0 Å². The van der Waals surface area contributed by atoms with Gasteiger partial charge in [-0.3, -0.25) is 0 Å². The lowest BCUT2D eigenvalue weighted by atomic mass is 9.84. The number of carbonyl (C=O) groups is 1. The number of hydrogen-bond donors (Lipinski definition) is 1. The van der Waals surface area contributed by atoms with Gasteiger partial charge in [0.2, 0.25) is 0 Å². The number of anilines is 1. The van der Waals surface area contributed by atoms with Gasteiger partial charge in [0.05, 0.1) is 0 Å². The van der Waals surface area contributed by atoms with Crippen LogP contribution in [0.15, 0.2) is 18.3 Å². The molecule has 2 aliphatic heterocycles. The lowest BCUT2D eigenvalue weighted by Gasteiger charge is -2.43. The van der Waals surface area contributed by atoms with Crippen molar-refractivity contribution in [1.29, 1.82) is 0 Å². The Bertz CT molecular complexity index is 486. The third-order valence-corrected chi connectivity index (χ3v) is 3.71. The number of hydrogen-bond acceptors (Lipinski definition) is 5. The van der Waals surface area contributed by atoms with Crippen LogP contribution in [0.2, 0.25) is 0 Å². The Morgan fingerprint density at radius 2 is 2.32 bits per heavy atom. The minimum Gasteiger partial charge on any atom is -0.437 e. The Labute approximate surface area is 111 Å². The van der Waals surface area contributed by atoms with Crippen molar-refractivity contribution < 1.29 is 14.3 Å². The molecule has 1 aromatic rings.